The molecule has 1 aromatic carbocycles. The molecule has 5 atom stereocenters. The van der Waals surface area contributed by atoms with Crippen molar-refractivity contribution in [1.29, 1.82) is 0 Å². The van der Waals surface area contributed by atoms with Crippen LogP contribution < -0.4 is 0 Å². The topological polar surface area (TPSA) is 68.2 Å². The number of fused-ring (bicyclic) bond motifs is 1. The summed E-state index contributed by atoms with van der Waals surface area (Å²) in [6.07, 6.45) is -3.54. The quantitative estimate of drug-likeness (QED) is 0.730. The maximum atomic E-state index is 9.72. The van der Waals surface area contributed by atoms with Gasteiger partial charge in [0.15, 0.2) is 12.6 Å². The van der Waals surface area contributed by atoms with Crippen LogP contribution in [0, 0.1) is 0 Å². The third-order valence-electron chi connectivity index (χ3n) is 3.06. The lowest BCUT2D eigenvalue weighted by atomic mass is 10.1. The molecule has 17 heavy (non-hydrogen) atoms. The molecule has 5 heteroatoms. The Morgan fingerprint density at radius 2 is 1.71 bits per heavy atom. The van der Waals surface area contributed by atoms with Crippen molar-refractivity contribution in [3.63, 3.8) is 0 Å². The van der Waals surface area contributed by atoms with Gasteiger partial charge in [-0.05, 0) is 0 Å². The van der Waals surface area contributed by atoms with Crippen LogP contribution in [0.5, 0.6) is 0 Å². The Hall–Kier alpha value is -0.980. The molecule has 0 radical (unpaired) electrons. The average molecular weight is 238 g/mol. The van der Waals surface area contributed by atoms with Crippen molar-refractivity contribution in [2.24, 2.45) is 0 Å². The molecule has 2 heterocycles. The summed E-state index contributed by atoms with van der Waals surface area (Å²) < 4.78 is 16.2. The summed E-state index contributed by atoms with van der Waals surface area (Å²) in [5.41, 5.74) is 0.862. The van der Waals surface area contributed by atoms with Crippen molar-refractivity contribution in [2.45, 2.75) is 30.9 Å². The molecular formula is C12H14O5. The molecule has 2 saturated heterocycles. The lowest BCUT2D eigenvalue weighted by molar-refractivity contribution is -0.223. The third-order valence-corrected chi connectivity index (χ3v) is 3.06. The third kappa shape index (κ3) is 1.96. The van der Waals surface area contributed by atoms with Gasteiger partial charge in [0.2, 0.25) is 0 Å². The highest BCUT2D eigenvalue weighted by Crippen LogP contribution is 2.36. The van der Waals surface area contributed by atoms with E-state index in [9.17, 15) is 10.2 Å². The average Bonchev–Trinajstić information content (AvgIpc) is 2.81. The molecule has 2 fully saturated rings. The Labute approximate surface area is 98.5 Å². The Kier molecular flexibility index (Phi) is 2.85. The summed E-state index contributed by atoms with van der Waals surface area (Å²) >= 11 is 0. The second-order valence-corrected chi connectivity index (χ2v) is 4.24. The van der Waals surface area contributed by atoms with Gasteiger partial charge in [0, 0.05) is 5.56 Å². The number of hydrogen-bond donors (Lipinski definition) is 2. The standard InChI is InChI=1S/C12H14O5/c13-8-6-15-11(14)10-9(8)16-12(17-10)7-4-2-1-3-5-7/h1-5,8-14H,6H2. The van der Waals surface area contributed by atoms with Crippen molar-refractivity contribution in [3.8, 4) is 0 Å². The van der Waals surface area contributed by atoms with E-state index in [1.54, 1.807) is 0 Å². The fourth-order valence-electron chi connectivity index (χ4n) is 2.17. The minimum absolute atomic E-state index is 0.0627. The molecule has 5 unspecified atom stereocenters. The molecule has 2 N–H and O–H groups in total. The molecule has 0 aliphatic carbocycles. The molecular weight excluding hydrogens is 224 g/mol. The zero-order valence-electron chi connectivity index (χ0n) is 9.10. The first-order valence-electron chi connectivity index (χ1n) is 5.59. The van der Waals surface area contributed by atoms with E-state index >= 15 is 0 Å². The van der Waals surface area contributed by atoms with Gasteiger partial charge >= 0.3 is 0 Å². The number of aliphatic hydroxyl groups excluding tert-OH is 2. The molecule has 0 amide bonds. The van der Waals surface area contributed by atoms with Gasteiger partial charge in [-0.15, -0.1) is 0 Å². The lowest BCUT2D eigenvalue weighted by Gasteiger charge is -2.31. The van der Waals surface area contributed by atoms with Crippen molar-refractivity contribution in [3.05, 3.63) is 35.9 Å². The highest BCUT2D eigenvalue weighted by Gasteiger charge is 2.48. The fourth-order valence-corrected chi connectivity index (χ4v) is 2.17. The van der Waals surface area contributed by atoms with E-state index < -0.39 is 30.9 Å². The normalized spacial score (nSPS) is 41.2. The maximum Gasteiger partial charge on any atom is 0.185 e. The van der Waals surface area contributed by atoms with Crippen LogP contribution in [0.1, 0.15) is 11.9 Å². The minimum atomic E-state index is -1.04. The number of benzene rings is 1. The molecule has 92 valence electrons. The van der Waals surface area contributed by atoms with E-state index in [-0.39, 0.29) is 6.61 Å². The summed E-state index contributed by atoms with van der Waals surface area (Å²) in [4.78, 5) is 0. The molecule has 1 aromatic rings. The zero-order valence-corrected chi connectivity index (χ0v) is 9.10. The van der Waals surface area contributed by atoms with Crippen LogP contribution in [0.25, 0.3) is 0 Å². The van der Waals surface area contributed by atoms with E-state index in [0.29, 0.717) is 0 Å². The van der Waals surface area contributed by atoms with Crippen LogP contribution in [0.2, 0.25) is 0 Å². The highest BCUT2D eigenvalue weighted by atomic mass is 16.8. The Bertz CT molecular complexity index is 364. The molecule has 0 spiro atoms. The van der Waals surface area contributed by atoms with Crippen molar-refractivity contribution >= 4 is 0 Å². The number of aliphatic hydroxyl groups is 2. The van der Waals surface area contributed by atoms with E-state index in [4.69, 9.17) is 14.2 Å². The maximum absolute atomic E-state index is 9.72. The van der Waals surface area contributed by atoms with Crippen LogP contribution in [-0.2, 0) is 14.2 Å². The monoisotopic (exact) mass is 238 g/mol. The molecule has 5 nitrogen and oxygen atoms in total. The minimum Gasteiger partial charge on any atom is -0.388 e. The van der Waals surface area contributed by atoms with E-state index in [0.717, 1.165) is 5.56 Å². The van der Waals surface area contributed by atoms with Crippen molar-refractivity contribution in [2.75, 3.05) is 6.61 Å². The SMILES string of the molecule is OC1COC(O)C2OC(c3ccccc3)OC12. The molecule has 3 rings (SSSR count). The van der Waals surface area contributed by atoms with Gasteiger partial charge in [0.25, 0.3) is 0 Å². The number of hydrogen-bond acceptors (Lipinski definition) is 5. The summed E-state index contributed by atoms with van der Waals surface area (Å²) in [6.45, 7) is 0.0627. The summed E-state index contributed by atoms with van der Waals surface area (Å²) in [5.74, 6) is 0. The predicted molar refractivity (Wildman–Crippen MR) is 56.9 cm³/mol. The second-order valence-electron chi connectivity index (χ2n) is 4.24. The first-order valence-corrected chi connectivity index (χ1v) is 5.59. The first-order chi connectivity index (χ1) is 8.25. The highest BCUT2D eigenvalue weighted by molar-refractivity contribution is 5.17. The van der Waals surface area contributed by atoms with Crippen LogP contribution in [0.3, 0.4) is 0 Å². The number of ether oxygens (including phenoxy) is 3. The van der Waals surface area contributed by atoms with Crippen LogP contribution >= 0.6 is 0 Å². The van der Waals surface area contributed by atoms with E-state index in [2.05, 4.69) is 0 Å². The summed E-state index contributed by atoms with van der Waals surface area (Å²) in [7, 11) is 0. The largest absolute Gasteiger partial charge is 0.388 e. The lowest BCUT2D eigenvalue weighted by Crippen LogP contribution is -2.51. The van der Waals surface area contributed by atoms with Crippen LogP contribution in [0.15, 0.2) is 30.3 Å². The van der Waals surface area contributed by atoms with Gasteiger partial charge < -0.3 is 24.4 Å². The van der Waals surface area contributed by atoms with Gasteiger partial charge in [-0.25, -0.2) is 0 Å². The zero-order chi connectivity index (χ0) is 11.8. The van der Waals surface area contributed by atoms with Gasteiger partial charge in [-0.2, -0.15) is 0 Å². The molecule has 0 saturated carbocycles. The fraction of sp³-hybridized carbons (Fsp3) is 0.500. The molecule has 0 aromatic heterocycles. The van der Waals surface area contributed by atoms with Crippen molar-refractivity contribution in [1.82, 2.24) is 0 Å². The summed E-state index contributed by atoms with van der Waals surface area (Å²) in [5, 5.41) is 19.3. The van der Waals surface area contributed by atoms with Gasteiger partial charge in [-0.3, -0.25) is 0 Å². The number of rotatable bonds is 1. The van der Waals surface area contributed by atoms with Gasteiger partial charge in [0.05, 0.1) is 6.61 Å². The van der Waals surface area contributed by atoms with Gasteiger partial charge in [0.1, 0.15) is 18.3 Å². The summed E-state index contributed by atoms with van der Waals surface area (Å²) in [6, 6.07) is 9.42. The van der Waals surface area contributed by atoms with Gasteiger partial charge in [-0.1, -0.05) is 30.3 Å². The molecule has 2 aliphatic rings. The predicted octanol–water partition coefficient (Wildman–Crippen LogP) is 0.179. The second kappa shape index (κ2) is 4.36. The first kappa shape index (κ1) is 11.1. The Morgan fingerprint density at radius 1 is 1.00 bits per heavy atom. The smallest absolute Gasteiger partial charge is 0.185 e. The van der Waals surface area contributed by atoms with Crippen LogP contribution in [-0.4, -0.2) is 41.4 Å². The molecule has 2 aliphatic heterocycles. The van der Waals surface area contributed by atoms with E-state index in [1.807, 2.05) is 30.3 Å². The van der Waals surface area contributed by atoms with Crippen LogP contribution in [0.4, 0.5) is 0 Å². The Morgan fingerprint density at radius 3 is 2.41 bits per heavy atom. The van der Waals surface area contributed by atoms with E-state index in [1.165, 1.54) is 0 Å². The molecule has 0 bridgehead atoms. The Balaban J connectivity index is 1.80. The van der Waals surface area contributed by atoms with Crippen molar-refractivity contribution < 1.29 is 24.4 Å².